The molecule has 6 heteroatoms. The molecule has 0 amide bonds. The SMILES string of the molecule is CCCCCC(/C=C/C1=C(C/C=C/CCCC(=O)O[Si](C)(C)C)C(=O)CC1)O[Si](C)(C)C. The number of ketones is 1. The predicted octanol–water partition coefficient (Wildman–Crippen LogP) is 7.50. The molecule has 0 radical (unpaired) electrons. The molecule has 0 fully saturated rings. The van der Waals surface area contributed by atoms with Crippen molar-refractivity contribution in [1.29, 1.82) is 0 Å². The Hall–Kier alpha value is -1.25. The molecule has 1 atom stereocenters. The fourth-order valence-corrected chi connectivity index (χ4v) is 5.59. The van der Waals surface area contributed by atoms with Crippen LogP contribution in [0.1, 0.15) is 71.1 Å². The van der Waals surface area contributed by atoms with Crippen LogP contribution in [0.5, 0.6) is 0 Å². The van der Waals surface area contributed by atoms with E-state index < -0.39 is 16.6 Å². The molecule has 182 valence electrons. The maximum atomic E-state index is 12.4. The summed E-state index contributed by atoms with van der Waals surface area (Å²) in [5.41, 5.74) is 2.11. The van der Waals surface area contributed by atoms with Crippen LogP contribution in [0.3, 0.4) is 0 Å². The van der Waals surface area contributed by atoms with Gasteiger partial charge in [-0.05, 0) is 77.0 Å². The minimum Gasteiger partial charge on any atom is -0.520 e. The van der Waals surface area contributed by atoms with Crippen molar-refractivity contribution < 1.29 is 18.4 Å². The Kier molecular flexibility index (Phi) is 12.7. The summed E-state index contributed by atoms with van der Waals surface area (Å²) in [4.78, 5) is 24.2. The summed E-state index contributed by atoms with van der Waals surface area (Å²) in [6.07, 6.45) is 17.5. The zero-order valence-corrected chi connectivity index (χ0v) is 23.6. The molecule has 0 N–H and O–H groups in total. The summed E-state index contributed by atoms with van der Waals surface area (Å²) >= 11 is 0. The van der Waals surface area contributed by atoms with Crippen molar-refractivity contribution in [2.24, 2.45) is 0 Å². The van der Waals surface area contributed by atoms with E-state index in [0.29, 0.717) is 19.3 Å². The molecule has 0 heterocycles. The van der Waals surface area contributed by atoms with Gasteiger partial charge in [-0.3, -0.25) is 9.59 Å². The third-order valence-corrected chi connectivity index (χ3v) is 6.97. The fourth-order valence-electron chi connectivity index (χ4n) is 3.70. The lowest BCUT2D eigenvalue weighted by Gasteiger charge is -2.24. The van der Waals surface area contributed by atoms with Gasteiger partial charge in [0.25, 0.3) is 5.97 Å². The molecule has 32 heavy (non-hydrogen) atoms. The largest absolute Gasteiger partial charge is 0.520 e. The van der Waals surface area contributed by atoms with Crippen LogP contribution in [0.4, 0.5) is 0 Å². The van der Waals surface area contributed by atoms with Crippen molar-refractivity contribution in [3.63, 3.8) is 0 Å². The maximum absolute atomic E-state index is 12.4. The van der Waals surface area contributed by atoms with Crippen molar-refractivity contribution >= 4 is 28.4 Å². The number of rotatable bonds is 15. The topological polar surface area (TPSA) is 52.6 Å². The highest BCUT2D eigenvalue weighted by Gasteiger charge is 2.22. The Morgan fingerprint density at radius 1 is 1.00 bits per heavy atom. The van der Waals surface area contributed by atoms with Crippen LogP contribution >= 0.6 is 0 Å². The molecule has 0 aromatic carbocycles. The first-order valence-corrected chi connectivity index (χ1v) is 19.2. The van der Waals surface area contributed by atoms with E-state index in [9.17, 15) is 9.59 Å². The average molecular weight is 479 g/mol. The van der Waals surface area contributed by atoms with E-state index in [4.69, 9.17) is 8.85 Å². The molecule has 1 unspecified atom stereocenters. The van der Waals surface area contributed by atoms with Gasteiger partial charge >= 0.3 is 0 Å². The van der Waals surface area contributed by atoms with E-state index >= 15 is 0 Å². The van der Waals surface area contributed by atoms with Gasteiger partial charge < -0.3 is 8.85 Å². The maximum Gasteiger partial charge on any atom is 0.292 e. The number of unbranched alkanes of at least 4 members (excludes halogenated alkanes) is 3. The Morgan fingerprint density at radius 3 is 2.34 bits per heavy atom. The molecular weight excluding hydrogens is 432 g/mol. The molecule has 0 aliphatic heterocycles. The summed E-state index contributed by atoms with van der Waals surface area (Å²) < 4.78 is 11.8. The first-order chi connectivity index (χ1) is 14.9. The van der Waals surface area contributed by atoms with Crippen LogP contribution in [0.25, 0.3) is 0 Å². The van der Waals surface area contributed by atoms with E-state index in [2.05, 4.69) is 50.9 Å². The first-order valence-electron chi connectivity index (χ1n) is 12.4. The molecule has 4 nitrogen and oxygen atoms in total. The molecule has 0 aromatic heterocycles. The normalized spacial score (nSPS) is 16.5. The second kappa shape index (κ2) is 14.1. The second-order valence-corrected chi connectivity index (χ2v) is 19.6. The highest BCUT2D eigenvalue weighted by molar-refractivity contribution is 6.71. The third kappa shape index (κ3) is 13.3. The molecule has 0 bridgehead atoms. The molecule has 0 saturated carbocycles. The molecular formula is C26H46O4Si2. The van der Waals surface area contributed by atoms with Crippen LogP contribution < -0.4 is 0 Å². The lowest BCUT2D eigenvalue weighted by molar-refractivity contribution is -0.135. The Bertz CT molecular complexity index is 694. The van der Waals surface area contributed by atoms with E-state index in [0.717, 1.165) is 36.8 Å². The lowest BCUT2D eigenvalue weighted by atomic mass is 10.0. The van der Waals surface area contributed by atoms with Gasteiger partial charge in [-0.25, -0.2) is 0 Å². The number of carbonyl (C=O) groups is 2. The predicted molar refractivity (Wildman–Crippen MR) is 140 cm³/mol. The lowest BCUT2D eigenvalue weighted by Crippen LogP contribution is -2.31. The van der Waals surface area contributed by atoms with Gasteiger partial charge in [0.05, 0.1) is 6.10 Å². The highest BCUT2D eigenvalue weighted by atomic mass is 28.4. The van der Waals surface area contributed by atoms with Gasteiger partial charge in [0.15, 0.2) is 14.1 Å². The van der Waals surface area contributed by atoms with Gasteiger partial charge in [-0.15, -0.1) is 0 Å². The van der Waals surface area contributed by atoms with Crippen LogP contribution in [0.15, 0.2) is 35.5 Å². The zero-order chi connectivity index (χ0) is 24.2. The summed E-state index contributed by atoms with van der Waals surface area (Å²) in [5.74, 6) is 0.175. The zero-order valence-electron chi connectivity index (χ0n) is 21.6. The van der Waals surface area contributed by atoms with Crippen molar-refractivity contribution in [2.75, 3.05) is 0 Å². The smallest absolute Gasteiger partial charge is 0.292 e. The Labute approximate surface area is 198 Å². The summed E-state index contributed by atoms with van der Waals surface area (Å²) in [6.45, 7) is 15.0. The van der Waals surface area contributed by atoms with E-state index in [-0.39, 0.29) is 17.9 Å². The minimum atomic E-state index is -1.79. The van der Waals surface area contributed by atoms with Gasteiger partial charge in [-0.2, -0.15) is 0 Å². The van der Waals surface area contributed by atoms with E-state index in [1.807, 2.05) is 19.6 Å². The van der Waals surface area contributed by atoms with Crippen molar-refractivity contribution in [2.45, 2.75) is 117 Å². The number of allylic oxidation sites excluding steroid dienone is 5. The number of carbonyl (C=O) groups excluding carboxylic acids is 2. The first kappa shape index (κ1) is 28.8. The summed E-state index contributed by atoms with van der Waals surface area (Å²) in [5, 5.41) is 0. The third-order valence-electron chi connectivity index (χ3n) is 5.12. The van der Waals surface area contributed by atoms with Gasteiger partial charge in [0.1, 0.15) is 0 Å². The molecule has 1 rings (SSSR count). The highest BCUT2D eigenvalue weighted by Crippen LogP contribution is 2.28. The second-order valence-electron chi connectivity index (χ2n) is 10.7. The van der Waals surface area contributed by atoms with Gasteiger partial charge in [-0.1, -0.05) is 50.5 Å². The van der Waals surface area contributed by atoms with Crippen LogP contribution in [-0.2, 0) is 18.4 Å². The Balaban J connectivity index is 2.63. The summed E-state index contributed by atoms with van der Waals surface area (Å²) in [7, 11) is -3.41. The van der Waals surface area contributed by atoms with E-state index in [1.165, 1.54) is 19.3 Å². The van der Waals surface area contributed by atoms with E-state index in [1.54, 1.807) is 0 Å². The standard InChI is InChI=1S/C26H46O4Si2/c1-8-9-12-15-23(29-31(2,3)4)20-18-22-19-21-25(27)24(22)16-13-10-11-14-17-26(28)30-32(5,6)7/h10,13,18,20,23H,8-9,11-12,14-17,19,21H2,1-7H3/b13-10+,20-18+. The van der Waals surface area contributed by atoms with Gasteiger partial charge in [0.2, 0.25) is 8.32 Å². The van der Waals surface area contributed by atoms with Crippen molar-refractivity contribution in [3.8, 4) is 0 Å². The number of hydrogen-bond acceptors (Lipinski definition) is 4. The quantitative estimate of drug-likeness (QED) is 0.139. The molecule has 1 aliphatic carbocycles. The minimum absolute atomic E-state index is 0.0901. The molecule has 0 spiro atoms. The van der Waals surface area contributed by atoms with Crippen LogP contribution in [-0.4, -0.2) is 34.5 Å². The average Bonchev–Trinajstić information content (AvgIpc) is 3.00. The monoisotopic (exact) mass is 478 g/mol. The Morgan fingerprint density at radius 2 is 1.72 bits per heavy atom. The fraction of sp³-hybridized carbons (Fsp3) is 0.692. The summed E-state index contributed by atoms with van der Waals surface area (Å²) in [6, 6.07) is 0. The molecule has 1 aliphatic rings. The number of Topliss-reactive ketones (excluding diaryl/α,β-unsaturated/α-hetero) is 1. The van der Waals surface area contributed by atoms with Crippen LogP contribution in [0, 0.1) is 0 Å². The van der Waals surface area contributed by atoms with Crippen LogP contribution in [0.2, 0.25) is 39.3 Å². The van der Waals surface area contributed by atoms with Gasteiger partial charge in [0, 0.05) is 18.4 Å². The molecule has 0 aromatic rings. The van der Waals surface area contributed by atoms with Crippen molar-refractivity contribution in [3.05, 3.63) is 35.5 Å². The van der Waals surface area contributed by atoms with Crippen molar-refractivity contribution in [1.82, 2.24) is 0 Å². The number of hydrogen-bond donors (Lipinski definition) is 0. The molecule has 0 saturated heterocycles.